The SMILES string of the molecule is COC(=O)Nc1nc(C(=NO)C(=O)O)cs1. The molecule has 1 aromatic rings. The van der Waals surface area contributed by atoms with E-state index in [9.17, 15) is 9.59 Å². The number of carboxylic acid groups (broad SMARTS) is 1. The number of thiazole rings is 1. The maximum Gasteiger partial charge on any atom is 0.413 e. The number of hydrogen-bond donors (Lipinski definition) is 3. The molecule has 0 saturated carbocycles. The predicted octanol–water partition coefficient (Wildman–Crippen LogP) is 0.584. The molecule has 0 bridgehead atoms. The molecule has 1 amide bonds. The average molecular weight is 245 g/mol. The molecule has 0 fully saturated rings. The van der Waals surface area contributed by atoms with Crippen molar-refractivity contribution >= 4 is 34.2 Å². The third-order valence-corrected chi connectivity index (χ3v) is 2.20. The van der Waals surface area contributed by atoms with Crippen molar-refractivity contribution in [2.45, 2.75) is 0 Å². The van der Waals surface area contributed by atoms with E-state index in [1.807, 2.05) is 0 Å². The summed E-state index contributed by atoms with van der Waals surface area (Å²) in [4.78, 5) is 25.1. The minimum Gasteiger partial charge on any atom is -0.476 e. The van der Waals surface area contributed by atoms with Crippen molar-refractivity contribution in [3.63, 3.8) is 0 Å². The van der Waals surface area contributed by atoms with Crippen molar-refractivity contribution < 1.29 is 24.6 Å². The monoisotopic (exact) mass is 245 g/mol. The maximum absolute atomic E-state index is 10.8. The lowest BCUT2D eigenvalue weighted by Crippen LogP contribution is -2.15. The molecule has 3 N–H and O–H groups in total. The maximum atomic E-state index is 10.8. The number of oxime groups is 1. The van der Waals surface area contributed by atoms with Crippen molar-refractivity contribution in [2.24, 2.45) is 5.16 Å². The molecule has 1 heterocycles. The van der Waals surface area contributed by atoms with Crippen LogP contribution in [0.5, 0.6) is 0 Å². The van der Waals surface area contributed by atoms with Gasteiger partial charge in [-0.05, 0) is 0 Å². The fourth-order valence-electron chi connectivity index (χ4n) is 0.782. The van der Waals surface area contributed by atoms with Crippen molar-refractivity contribution in [2.75, 3.05) is 12.4 Å². The molecule has 1 rings (SSSR count). The normalized spacial score (nSPS) is 10.9. The van der Waals surface area contributed by atoms with E-state index in [0.717, 1.165) is 11.3 Å². The van der Waals surface area contributed by atoms with Crippen LogP contribution in [-0.2, 0) is 9.53 Å². The Bertz CT molecular complexity index is 441. The molecule has 0 saturated heterocycles. The largest absolute Gasteiger partial charge is 0.476 e. The van der Waals surface area contributed by atoms with Crippen molar-refractivity contribution in [1.82, 2.24) is 4.98 Å². The van der Waals surface area contributed by atoms with Gasteiger partial charge in [-0.15, -0.1) is 11.3 Å². The van der Waals surface area contributed by atoms with Crippen molar-refractivity contribution in [1.29, 1.82) is 0 Å². The van der Waals surface area contributed by atoms with Crippen molar-refractivity contribution in [3.8, 4) is 0 Å². The van der Waals surface area contributed by atoms with Gasteiger partial charge in [0.2, 0.25) is 5.71 Å². The predicted molar refractivity (Wildman–Crippen MR) is 54.1 cm³/mol. The molecule has 0 radical (unpaired) electrons. The van der Waals surface area contributed by atoms with E-state index in [-0.39, 0.29) is 10.8 Å². The van der Waals surface area contributed by atoms with Crippen LogP contribution in [-0.4, -0.2) is 40.2 Å². The van der Waals surface area contributed by atoms with Crippen LogP contribution in [0, 0.1) is 0 Å². The minimum absolute atomic E-state index is 0.0496. The second-order valence-electron chi connectivity index (χ2n) is 2.41. The first kappa shape index (κ1) is 11.9. The number of carbonyl (C=O) groups excluding carboxylic acids is 1. The van der Waals surface area contributed by atoms with E-state index in [1.54, 1.807) is 0 Å². The molecule has 0 aliphatic heterocycles. The number of nitrogens with one attached hydrogen (secondary N) is 1. The highest BCUT2D eigenvalue weighted by Gasteiger charge is 2.17. The standard InChI is InChI=1S/C7H7N3O5S/c1-15-7(13)9-6-8-3(2-16-6)4(10-14)5(11)12/h2,14H,1H3,(H,11,12)(H,8,9,13). The Hall–Kier alpha value is -2.16. The quantitative estimate of drug-likeness (QED) is 0.407. The summed E-state index contributed by atoms with van der Waals surface area (Å²) in [6, 6.07) is 0. The Balaban J connectivity index is 2.86. The second-order valence-corrected chi connectivity index (χ2v) is 3.27. The number of carbonyl (C=O) groups is 2. The van der Waals surface area contributed by atoms with Gasteiger partial charge >= 0.3 is 12.1 Å². The number of amides is 1. The number of methoxy groups -OCH3 is 1. The molecule has 9 heteroatoms. The van der Waals surface area contributed by atoms with Gasteiger partial charge in [0.15, 0.2) is 5.13 Å². The zero-order chi connectivity index (χ0) is 12.1. The molecule has 8 nitrogen and oxygen atoms in total. The highest BCUT2D eigenvalue weighted by molar-refractivity contribution is 7.14. The lowest BCUT2D eigenvalue weighted by Gasteiger charge is -1.97. The molecule has 86 valence electrons. The fourth-order valence-corrected chi connectivity index (χ4v) is 1.46. The minimum atomic E-state index is -1.42. The number of rotatable bonds is 3. The van der Waals surface area contributed by atoms with Crippen LogP contribution in [0.4, 0.5) is 9.93 Å². The van der Waals surface area contributed by atoms with Gasteiger partial charge in [0, 0.05) is 5.38 Å². The average Bonchev–Trinajstić information content (AvgIpc) is 2.66. The molecule has 0 aromatic carbocycles. The van der Waals surface area contributed by atoms with E-state index in [1.165, 1.54) is 12.5 Å². The summed E-state index contributed by atoms with van der Waals surface area (Å²) >= 11 is 0.976. The summed E-state index contributed by atoms with van der Waals surface area (Å²) in [5.74, 6) is -1.42. The van der Waals surface area contributed by atoms with E-state index in [4.69, 9.17) is 10.3 Å². The third-order valence-electron chi connectivity index (χ3n) is 1.44. The third kappa shape index (κ3) is 2.67. The van der Waals surface area contributed by atoms with Gasteiger partial charge in [0.25, 0.3) is 0 Å². The van der Waals surface area contributed by atoms with E-state index < -0.39 is 17.8 Å². The van der Waals surface area contributed by atoms with Crippen LogP contribution < -0.4 is 5.32 Å². The first-order valence-corrected chi connectivity index (χ1v) is 4.72. The van der Waals surface area contributed by atoms with E-state index >= 15 is 0 Å². The van der Waals surface area contributed by atoms with Crippen LogP contribution >= 0.6 is 11.3 Å². The summed E-state index contributed by atoms with van der Waals surface area (Å²) in [6.07, 6.45) is -0.723. The Morgan fingerprint density at radius 3 is 2.81 bits per heavy atom. The summed E-state index contributed by atoms with van der Waals surface area (Å²) in [5, 5.41) is 23.4. The zero-order valence-corrected chi connectivity index (χ0v) is 8.82. The van der Waals surface area contributed by atoms with Gasteiger partial charge in [0.05, 0.1) is 7.11 Å². The van der Waals surface area contributed by atoms with Crippen LogP contribution in [0.15, 0.2) is 10.5 Å². The highest BCUT2D eigenvalue weighted by atomic mass is 32.1. The first-order chi connectivity index (χ1) is 7.58. The van der Waals surface area contributed by atoms with Gasteiger partial charge in [-0.25, -0.2) is 14.6 Å². The summed E-state index contributed by atoms with van der Waals surface area (Å²) < 4.78 is 4.32. The molecule has 0 spiro atoms. The summed E-state index contributed by atoms with van der Waals surface area (Å²) in [6.45, 7) is 0. The molecule has 0 aliphatic rings. The molecule has 0 unspecified atom stereocenters. The van der Waals surface area contributed by atoms with Crippen LogP contribution in [0.25, 0.3) is 0 Å². The highest BCUT2D eigenvalue weighted by Crippen LogP contribution is 2.16. The Morgan fingerprint density at radius 2 is 2.31 bits per heavy atom. The Labute approximate surface area is 93.2 Å². The number of carboxylic acids is 1. The Kier molecular flexibility index (Phi) is 3.78. The Morgan fingerprint density at radius 1 is 1.62 bits per heavy atom. The molecular formula is C7H7N3O5S. The van der Waals surface area contributed by atoms with Gasteiger partial charge in [-0.1, -0.05) is 5.16 Å². The molecule has 0 atom stereocenters. The number of nitrogens with zero attached hydrogens (tertiary/aromatic N) is 2. The van der Waals surface area contributed by atoms with Gasteiger partial charge in [-0.2, -0.15) is 0 Å². The van der Waals surface area contributed by atoms with Gasteiger partial charge < -0.3 is 15.1 Å². The number of ether oxygens (including phenoxy) is 1. The van der Waals surface area contributed by atoms with Crippen LogP contribution in [0.3, 0.4) is 0 Å². The fraction of sp³-hybridized carbons (Fsp3) is 0.143. The lowest BCUT2D eigenvalue weighted by atomic mass is 10.3. The zero-order valence-electron chi connectivity index (χ0n) is 8.00. The van der Waals surface area contributed by atoms with E-state index in [2.05, 4.69) is 20.2 Å². The number of aromatic nitrogens is 1. The number of aliphatic carboxylic acids is 1. The van der Waals surface area contributed by atoms with E-state index in [0.29, 0.717) is 0 Å². The van der Waals surface area contributed by atoms with Crippen LogP contribution in [0.1, 0.15) is 5.69 Å². The number of hydrogen-bond acceptors (Lipinski definition) is 7. The van der Waals surface area contributed by atoms with Crippen LogP contribution in [0.2, 0.25) is 0 Å². The number of anilines is 1. The molecular weight excluding hydrogens is 238 g/mol. The topological polar surface area (TPSA) is 121 Å². The smallest absolute Gasteiger partial charge is 0.413 e. The van der Waals surface area contributed by atoms with Gasteiger partial charge in [-0.3, -0.25) is 5.32 Å². The summed E-state index contributed by atoms with van der Waals surface area (Å²) in [7, 11) is 1.18. The molecule has 0 aliphatic carbocycles. The van der Waals surface area contributed by atoms with Crippen molar-refractivity contribution in [3.05, 3.63) is 11.1 Å². The first-order valence-electron chi connectivity index (χ1n) is 3.84. The van der Waals surface area contributed by atoms with Gasteiger partial charge in [0.1, 0.15) is 5.69 Å². The molecule has 16 heavy (non-hydrogen) atoms. The lowest BCUT2D eigenvalue weighted by molar-refractivity contribution is -0.129. The molecule has 1 aromatic heterocycles. The summed E-state index contributed by atoms with van der Waals surface area (Å²) in [5.41, 5.74) is -0.652. The second kappa shape index (κ2) is 5.07.